The highest BCUT2D eigenvalue weighted by Crippen LogP contribution is 2.19. The van der Waals surface area contributed by atoms with Gasteiger partial charge in [-0.2, -0.15) is 5.26 Å². The lowest BCUT2D eigenvalue weighted by Crippen LogP contribution is -2.33. The predicted octanol–water partition coefficient (Wildman–Crippen LogP) is 2.58. The molecule has 0 amide bonds. The Bertz CT molecular complexity index is 225. The molecule has 1 fully saturated rings. The van der Waals surface area contributed by atoms with Crippen molar-refractivity contribution in [2.75, 3.05) is 19.6 Å². The van der Waals surface area contributed by atoms with Crippen molar-refractivity contribution in [2.45, 2.75) is 33.1 Å². The summed E-state index contributed by atoms with van der Waals surface area (Å²) in [6, 6.07) is 2.27. The van der Waals surface area contributed by atoms with E-state index in [1.165, 1.54) is 18.4 Å². The van der Waals surface area contributed by atoms with Crippen LogP contribution in [-0.4, -0.2) is 24.5 Å². The molecule has 0 radical (unpaired) electrons. The second-order valence-corrected chi connectivity index (χ2v) is 4.39. The first-order chi connectivity index (χ1) is 6.72. The van der Waals surface area contributed by atoms with E-state index in [1.807, 2.05) is 0 Å². The molecule has 0 bridgehead atoms. The zero-order chi connectivity index (χ0) is 10.4. The molecule has 14 heavy (non-hydrogen) atoms. The van der Waals surface area contributed by atoms with Crippen LogP contribution in [0.25, 0.3) is 0 Å². The van der Waals surface area contributed by atoms with Gasteiger partial charge < -0.3 is 0 Å². The molecule has 0 aliphatic carbocycles. The maximum absolute atomic E-state index is 8.59. The SMILES string of the molecule is CC(C)=CCN1CCC(CC#N)CC1. The third kappa shape index (κ3) is 3.93. The van der Waals surface area contributed by atoms with Crippen molar-refractivity contribution in [1.82, 2.24) is 4.90 Å². The zero-order valence-electron chi connectivity index (χ0n) is 9.29. The van der Waals surface area contributed by atoms with Crippen LogP contribution in [0.5, 0.6) is 0 Å². The quantitative estimate of drug-likeness (QED) is 0.643. The van der Waals surface area contributed by atoms with Gasteiger partial charge in [0.05, 0.1) is 6.07 Å². The number of allylic oxidation sites excluding steroid dienone is 1. The van der Waals surface area contributed by atoms with Gasteiger partial charge in [0.1, 0.15) is 0 Å². The molecule has 1 heterocycles. The summed E-state index contributed by atoms with van der Waals surface area (Å²) in [7, 11) is 0. The van der Waals surface area contributed by atoms with E-state index in [-0.39, 0.29) is 0 Å². The number of likely N-dealkylation sites (tertiary alicyclic amines) is 1. The monoisotopic (exact) mass is 192 g/mol. The average Bonchev–Trinajstić information content (AvgIpc) is 2.17. The van der Waals surface area contributed by atoms with Crippen molar-refractivity contribution >= 4 is 0 Å². The minimum absolute atomic E-state index is 0.656. The number of rotatable bonds is 3. The van der Waals surface area contributed by atoms with Crippen molar-refractivity contribution in [1.29, 1.82) is 5.26 Å². The smallest absolute Gasteiger partial charge is 0.0624 e. The summed E-state index contributed by atoms with van der Waals surface area (Å²) < 4.78 is 0. The fourth-order valence-electron chi connectivity index (χ4n) is 1.81. The molecule has 1 saturated heterocycles. The Morgan fingerprint density at radius 2 is 2.07 bits per heavy atom. The third-order valence-corrected chi connectivity index (χ3v) is 2.84. The Morgan fingerprint density at radius 3 is 2.57 bits per heavy atom. The van der Waals surface area contributed by atoms with Gasteiger partial charge in [-0.3, -0.25) is 4.90 Å². The molecular formula is C12H20N2. The molecule has 2 nitrogen and oxygen atoms in total. The Labute approximate surface area is 87.2 Å². The van der Waals surface area contributed by atoms with Gasteiger partial charge in [-0.1, -0.05) is 11.6 Å². The van der Waals surface area contributed by atoms with Crippen LogP contribution in [0, 0.1) is 17.2 Å². The van der Waals surface area contributed by atoms with Crippen LogP contribution in [0.1, 0.15) is 33.1 Å². The van der Waals surface area contributed by atoms with Crippen LogP contribution < -0.4 is 0 Å². The summed E-state index contributed by atoms with van der Waals surface area (Å²) in [4.78, 5) is 2.47. The lowest BCUT2D eigenvalue weighted by molar-refractivity contribution is 0.202. The highest BCUT2D eigenvalue weighted by Gasteiger charge is 2.17. The van der Waals surface area contributed by atoms with E-state index in [0.29, 0.717) is 5.92 Å². The van der Waals surface area contributed by atoms with Crippen molar-refractivity contribution in [3.63, 3.8) is 0 Å². The summed E-state index contributed by atoms with van der Waals surface area (Å²) in [5, 5.41) is 8.59. The molecule has 1 rings (SSSR count). The van der Waals surface area contributed by atoms with Crippen LogP contribution in [0.4, 0.5) is 0 Å². The molecule has 0 aromatic carbocycles. The summed E-state index contributed by atoms with van der Waals surface area (Å²) in [5.41, 5.74) is 1.39. The summed E-state index contributed by atoms with van der Waals surface area (Å²) in [6.07, 6.45) is 5.43. The fraction of sp³-hybridized carbons (Fsp3) is 0.750. The molecule has 0 aromatic heterocycles. The fourth-order valence-corrected chi connectivity index (χ4v) is 1.81. The molecule has 1 aliphatic heterocycles. The summed E-state index contributed by atoms with van der Waals surface area (Å²) in [6.45, 7) is 7.69. The van der Waals surface area contributed by atoms with Gasteiger partial charge in [-0.15, -0.1) is 0 Å². The van der Waals surface area contributed by atoms with E-state index in [0.717, 1.165) is 26.1 Å². The Hall–Kier alpha value is -0.810. The number of nitriles is 1. The Kier molecular flexibility index (Phi) is 4.69. The lowest BCUT2D eigenvalue weighted by Gasteiger charge is -2.30. The predicted molar refractivity (Wildman–Crippen MR) is 58.8 cm³/mol. The summed E-state index contributed by atoms with van der Waals surface area (Å²) >= 11 is 0. The van der Waals surface area contributed by atoms with E-state index in [2.05, 4.69) is 30.9 Å². The van der Waals surface area contributed by atoms with Crippen LogP contribution in [0.15, 0.2) is 11.6 Å². The number of nitrogens with zero attached hydrogens (tertiary/aromatic N) is 2. The van der Waals surface area contributed by atoms with Crippen LogP contribution in [0.3, 0.4) is 0 Å². The number of hydrogen-bond donors (Lipinski definition) is 0. The lowest BCUT2D eigenvalue weighted by atomic mass is 9.94. The standard InChI is InChI=1S/C12H20N2/c1-11(2)4-8-14-9-5-12(3-7-13)6-10-14/h4,12H,3,5-6,8-10H2,1-2H3. The van der Waals surface area contributed by atoms with E-state index < -0.39 is 0 Å². The maximum atomic E-state index is 8.59. The van der Waals surface area contributed by atoms with Gasteiger partial charge in [0.15, 0.2) is 0 Å². The van der Waals surface area contributed by atoms with Crippen molar-refractivity contribution in [3.05, 3.63) is 11.6 Å². The molecule has 1 aliphatic rings. The molecule has 0 spiro atoms. The minimum Gasteiger partial charge on any atom is -0.300 e. The first kappa shape index (κ1) is 11.3. The van der Waals surface area contributed by atoms with Crippen LogP contribution in [0.2, 0.25) is 0 Å². The maximum Gasteiger partial charge on any atom is 0.0624 e. The zero-order valence-corrected chi connectivity index (χ0v) is 9.29. The molecule has 2 heteroatoms. The van der Waals surface area contributed by atoms with Crippen LogP contribution >= 0.6 is 0 Å². The highest BCUT2D eigenvalue weighted by molar-refractivity contribution is 4.95. The van der Waals surface area contributed by atoms with E-state index in [1.54, 1.807) is 0 Å². The van der Waals surface area contributed by atoms with Crippen molar-refractivity contribution < 1.29 is 0 Å². The second kappa shape index (κ2) is 5.82. The first-order valence-electron chi connectivity index (χ1n) is 5.45. The van der Waals surface area contributed by atoms with Gasteiger partial charge in [0.25, 0.3) is 0 Å². The second-order valence-electron chi connectivity index (χ2n) is 4.39. The molecule has 78 valence electrons. The van der Waals surface area contributed by atoms with Gasteiger partial charge in [0.2, 0.25) is 0 Å². The topological polar surface area (TPSA) is 27.0 Å². The van der Waals surface area contributed by atoms with E-state index in [4.69, 9.17) is 5.26 Å². The minimum atomic E-state index is 0.656. The van der Waals surface area contributed by atoms with Gasteiger partial charge in [-0.25, -0.2) is 0 Å². The normalized spacial score (nSPS) is 18.9. The molecular weight excluding hydrogens is 172 g/mol. The molecule has 0 N–H and O–H groups in total. The van der Waals surface area contributed by atoms with Gasteiger partial charge in [-0.05, 0) is 45.7 Å². The van der Waals surface area contributed by atoms with E-state index >= 15 is 0 Å². The molecule has 0 unspecified atom stereocenters. The van der Waals surface area contributed by atoms with Crippen molar-refractivity contribution in [2.24, 2.45) is 5.92 Å². The molecule has 0 saturated carbocycles. The molecule has 0 atom stereocenters. The van der Waals surface area contributed by atoms with Crippen LogP contribution in [-0.2, 0) is 0 Å². The van der Waals surface area contributed by atoms with Crippen molar-refractivity contribution in [3.8, 4) is 6.07 Å². The Balaban J connectivity index is 2.23. The number of hydrogen-bond acceptors (Lipinski definition) is 2. The average molecular weight is 192 g/mol. The highest BCUT2D eigenvalue weighted by atomic mass is 15.1. The van der Waals surface area contributed by atoms with Gasteiger partial charge >= 0.3 is 0 Å². The number of piperidine rings is 1. The largest absolute Gasteiger partial charge is 0.300 e. The molecule has 0 aromatic rings. The van der Waals surface area contributed by atoms with E-state index in [9.17, 15) is 0 Å². The first-order valence-corrected chi connectivity index (χ1v) is 5.45. The Morgan fingerprint density at radius 1 is 1.43 bits per heavy atom. The third-order valence-electron chi connectivity index (χ3n) is 2.84. The van der Waals surface area contributed by atoms with Gasteiger partial charge in [0, 0.05) is 13.0 Å². The summed E-state index contributed by atoms with van der Waals surface area (Å²) in [5.74, 6) is 0.656.